The summed E-state index contributed by atoms with van der Waals surface area (Å²) >= 11 is 1.55. The Morgan fingerprint density at radius 3 is 2.57 bits per heavy atom. The van der Waals surface area contributed by atoms with Gasteiger partial charge >= 0.3 is 0 Å². The van der Waals surface area contributed by atoms with Crippen LogP contribution in [-0.4, -0.2) is 25.3 Å². The summed E-state index contributed by atoms with van der Waals surface area (Å²) in [5, 5.41) is 6.86. The fraction of sp³-hybridized carbons (Fsp3) is 0.188. The largest absolute Gasteiger partial charge is 0.388 e. The smallest absolute Gasteiger partial charge is 0.183 e. The van der Waals surface area contributed by atoms with E-state index < -0.39 is 0 Å². The normalized spacial score (nSPS) is 10.8. The third-order valence-electron chi connectivity index (χ3n) is 3.27. The monoisotopic (exact) mass is 301 g/mol. The van der Waals surface area contributed by atoms with Gasteiger partial charge in [-0.1, -0.05) is 29.5 Å². The second-order valence-electron chi connectivity index (χ2n) is 4.64. The van der Waals surface area contributed by atoms with Crippen LogP contribution in [-0.2, 0) is 0 Å². The van der Waals surface area contributed by atoms with Gasteiger partial charge in [0.15, 0.2) is 5.13 Å². The molecule has 0 aliphatic carbocycles. The molecule has 0 atom stereocenters. The van der Waals surface area contributed by atoms with E-state index in [1.165, 1.54) is 5.56 Å². The van der Waals surface area contributed by atoms with Crippen LogP contribution in [0.3, 0.4) is 0 Å². The first-order valence-corrected chi connectivity index (χ1v) is 7.60. The van der Waals surface area contributed by atoms with E-state index in [-0.39, 0.29) is 6.67 Å². The van der Waals surface area contributed by atoms with Crippen molar-refractivity contribution in [3.8, 4) is 11.1 Å². The third-order valence-corrected chi connectivity index (χ3v) is 4.24. The van der Waals surface area contributed by atoms with E-state index in [1.54, 1.807) is 11.3 Å². The number of nitrogens with zero attached hydrogens (tertiary/aromatic N) is 1. The van der Waals surface area contributed by atoms with E-state index in [4.69, 9.17) is 0 Å². The van der Waals surface area contributed by atoms with Crippen molar-refractivity contribution in [3.05, 3.63) is 42.5 Å². The molecule has 0 amide bonds. The lowest BCUT2D eigenvalue weighted by molar-refractivity contribution is 0.512. The van der Waals surface area contributed by atoms with Gasteiger partial charge in [0.1, 0.15) is 6.67 Å². The van der Waals surface area contributed by atoms with Crippen LogP contribution >= 0.6 is 11.3 Å². The van der Waals surface area contributed by atoms with Gasteiger partial charge in [-0.25, -0.2) is 9.37 Å². The molecule has 3 rings (SSSR count). The Morgan fingerprint density at radius 1 is 1.10 bits per heavy atom. The number of alkyl halides is 1. The lowest BCUT2D eigenvalue weighted by Gasteiger charge is -2.04. The van der Waals surface area contributed by atoms with E-state index in [0.29, 0.717) is 6.54 Å². The Bertz CT molecular complexity index is 737. The Balaban J connectivity index is 1.92. The van der Waals surface area contributed by atoms with Crippen LogP contribution in [0.5, 0.6) is 0 Å². The summed E-state index contributed by atoms with van der Waals surface area (Å²) in [6.45, 7) is -0.0862. The molecule has 108 valence electrons. The molecule has 0 fully saturated rings. The summed E-state index contributed by atoms with van der Waals surface area (Å²) in [4.78, 5) is 4.44. The first-order valence-electron chi connectivity index (χ1n) is 6.79. The zero-order valence-electron chi connectivity index (χ0n) is 11.7. The van der Waals surface area contributed by atoms with Crippen LogP contribution in [0.1, 0.15) is 0 Å². The maximum Gasteiger partial charge on any atom is 0.183 e. The summed E-state index contributed by atoms with van der Waals surface area (Å²) < 4.78 is 13.3. The minimum Gasteiger partial charge on any atom is -0.388 e. The molecular formula is C16H16FN3S. The molecule has 2 N–H and O–H groups in total. The Morgan fingerprint density at radius 2 is 1.86 bits per heavy atom. The van der Waals surface area contributed by atoms with Gasteiger partial charge in [-0.3, -0.25) is 0 Å². The molecule has 0 bridgehead atoms. The number of anilines is 2. The lowest BCUT2D eigenvalue weighted by Crippen LogP contribution is -2.01. The summed E-state index contributed by atoms with van der Waals surface area (Å²) in [5.74, 6) is 0. The fourth-order valence-electron chi connectivity index (χ4n) is 2.16. The SMILES string of the molecule is CNc1ccc(-c2ccc3nc(NCCF)sc3c2)cc1. The van der Waals surface area contributed by atoms with Crippen LogP contribution in [0.4, 0.5) is 15.2 Å². The number of hydrogen-bond acceptors (Lipinski definition) is 4. The van der Waals surface area contributed by atoms with Crippen LogP contribution in [0.25, 0.3) is 21.3 Å². The highest BCUT2D eigenvalue weighted by Gasteiger charge is 2.05. The van der Waals surface area contributed by atoms with Crippen molar-refractivity contribution < 1.29 is 4.39 Å². The van der Waals surface area contributed by atoms with Gasteiger partial charge in [-0.2, -0.15) is 0 Å². The molecule has 1 aromatic heterocycles. The third kappa shape index (κ3) is 2.97. The highest BCUT2D eigenvalue weighted by molar-refractivity contribution is 7.22. The fourth-order valence-corrected chi connectivity index (χ4v) is 3.09. The van der Waals surface area contributed by atoms with Crippen molar-refractivity contribution in [2.75, 3.05) is 30.9 Å². The van der Waals surface area contributed by atoms with Crippen LogP contribution < -0.4 is 10.6 Å². The minimum atomic E-state index is -0.390. The van der Waals surface area contributed by atoms with Gasteiger partial charge in [0.25, 0.3) is 0 Å². The topological polar surface area (TPSA) is 37.0 Å². The zero-order valence-corrected chi connectivity index (χ0v) is 12.5. The van der Waals surface area contributed by atoms with E-state index >= 15 is 0 Å². The summed E-state index contributed by atoms with van der Waals surface area (Å²) in [6.07, 6.45) is 0. The Kier molecular flexibility index (Phi) is 4.01. The van der Waals surface area contributed by atoms with Crippen LogP contribution in [0, 0.1) is 0 Å². The lowest BCUT2D eigenvalue weighted by atomic mass is 10.1. The van der Waals surface area contributed by atoms with Gasteiger partial charge in [0.2, 0.25) is 0 Å². The van der Waals surface area contributed by atoms with Crippen molar-refractivity contribution in [1.29, 1.82) is 0 Å². The average molecular weight is 301 g/mol. The number of hydrogen-bond donors (Lipinski definition) is 2. The molecule has 3 aromatic rings. The molecule has 0 saturated carbocycles. The van der Waals surface area contributed by atoms with E-state index in [0.717, 1.165) is 26.6 Å². The molecule has 0 radical (unpaired) electrons. The van der Waals surface area contributed by atoms with Gasteiger partial charge in [0, 0.05) is 19.3 Å². The van der Waals surface area contributed by atoms with Crippen LogP contribution in [0.15, 0.2) is 42.5 Å². The quantitative estimate of drug-likeness (QED) is 0.734. The number of nitrogens with one attached hydrogen (secondary N) is 2. The molecule has 0 unspecified atom stereocenters. The number of halogens is 1. The maximum atomic E-state index is 12.2. The molecule has 0 saturated heterocycles. The van der Waals surface area contributed by atoms with Gasteiger partial charge in [-0.15, -0.1) is 0 Å². The molecule has 0 aliphatic rings. The van der Waals surface area contributed by atoms with Crippen molar-refractivity contribution in [2.24, 2.45) is 0 Å². The molecule has 1 heterocycles. The zero-order chi connectivity index (χ0) is 14.7. The summed E-state index contributed by atoms with van der Waals surface area (Å²) in [5.41, 5.74) is 4.36. The van der Waals surface area contributed by atoms with Crippen molar-refractivity contribution >= 4 is 32.4 Å². The predicted molar refractivity (Wildman–Crippen MR) is 89.1 cm³/mol. The molecule has 3 nitrogen and oxygen atoms in total. The number of thiazole rings is 1. The van der Waals surface area contributed by atoms with Crippen LogP contribution in [0.2, 0.25) is 0 Å². The molecule has 21 heavy (non-hydrogen) atoms. The van der Waals surface area contributed by atoms with Crippen molar-refractivity contribution in [2.45, 2.75) is 0 Å². The Hall–Kier alpha value is -2.14. The highest BCUT2D eigenvalue weighted by atomic mass is 32.1. The molecule has 0 spiro atoms. The van der Waals surface area contributed by atoms with Crippen molar-refractivity contribution in [3.63, 3.8) is 0 Å². The molecule has 0 aliphatic heterocycles. The highest BCUT2D eigenvalue weighted by Crippen LogP contribution is 2.30. The first-order chi connectivity index (χ1) is 10.3. The maximum absolute atomic E-state index is 12.2. The van der Waals surface area contributed by atoms with Gasteiger partial charge < -0.3 is 10.6 Å². The summed E-state index contributed by atoms with van der Waals surface area (Å²) in [7, 11) is 1.91. The first kappa shape index (κ1) is 13.8. The van der Waals surface area contributed by atoms with Crippen molar-refractivity contribution in [1.82, 2.24) is 4.98 Å². The number of benzene rings is 2. The minimum absolute atomic E-state index is 0.304. The molecule has 2 aromatic carbocycles. The van der Waals surface area contributed by atoms with E-state index in [1.807, 2.05) is 13.1 Å². The Labute approximate surface area is 126 Å². The number of rotatable bonds is 5. The average Bonchev–Trinajstić information content (AvgIpc) is 2.95. The van der Waals surface area contributed by atoms with E-state index in [9.17, 15) is 4.39 Å². The molecule has 5 heteroatoms. The summed E-state index contributed by atoms with van der Waals surface area (Å²) in [6, 6.07) is 14.5. The second kappa shape index (κ2) is 6.10. The van der Waals surface area contributed by atoms with Gasteiger partial charge in [0.05, 0.1) is 10.2 Å². The van der Waals surface area contributed by atoms with E-state index in [2.05, 4.69) is 52.0 Å². The van der Waals surface area contributed by atoms with Gasteiger partial charge in [-0.05, 0) is 35.4 Å². The standard InChI is InChI=1S/C16H16FN3S/c1-18-13-5-2-11(3-6-13)12-4-7-14-15(10-12)21-16(20-14)19-9-8-17/h2-7,10,18H,8-9H2,1H3,(H,19,20). The second-order valence-corrected chi connectivity index (χ2v) is 5.68. The number of fused-ring (bicyclic) bond motifs is 1. The predicted octanol–water partition coefficient (Wildman–Crippen LogP) is 4.39. The number of aromatic nitrogens is 1. The molecular weight excluding hydrogens is 285 g/mol.